The maximum Gasteiger partial charge on any atom is 0.446 e. The summed E-state index contributed by atoms with van der Waals surface area (Å²) in [6.45, 7) is 1.17. The van der Waals surface area contributed by atoms with Gasteiger partial charge in [0.2, 0.25) is 0 Å². The van der Waals surface area contributed by atoms with Crippen LogP contribution in [0.2, 0.25) is 5.02 Å². The Kier molecular flexibility index (Phi) is 5.97. The lowest BCUT2D eigenvalue weighted by Gasteiger charge is -2.11. The van der Waals surface area contributed by atoms with Crippen LogP contribution < -0.4 is 10.1 Å². The molecule has 0 spiro atoms. The van der Waals surface area contributed by atoms with E-state index in [1.165, 1.54) is 49.4 Å². The number of amides is 1. The zero-order valence-electron chi connectivity index (χ0n) is 12.7. The number of ether oxygens (including phenoxy) is 1. The second-order valence-electron chi connectivity index (χ2n) is 4.74. The summed E-state index contributed by atoms with van der Waals surface area (Å²) in [5.74, 6) is -1.34. The second kappa shape index (κ2) is 7.79. The Morgan fingerprint density at radius 2 is 1.76 bits per heavy atom. The molecule has 0 unspecified atom stereocenters. The van der Waals surface area contributed by atoms with Gasteiger partial charge in [0, 0.05) is 17.5 Å². The Hall–Kier alpha value is -2.19. The normalized spacial score (nSPS) is 11.1. The molecule has 0 aliphatic rings. The summed E-state index contributed by atoms with van der Waals surface area (Å²) in [6, 6.07) is 9.52. The molecule has 2 aromatic carbocycles. The molecule has 0 saturated heterocycles. The Morgan fingerprint density at radius 3 is 2.32 bits per heavy atom. The van der Waals surface area contributed by atoms with Crippen molar-refractivity contribution in [3.8, 4) is 5.75 Å². The molecule has 0 aliphatic carbocycles. The van der Waals surface area contributed by atoms with E-state index in [-0.39, 0.29) is 38.7 Å². The number of carbonyl (C=O) groups is 2. The quantitative estimate of drug-likeness (QED) is 0.447. The smallest absolute Gasteiger partial charge is 0.424 e. The van der Waals surface area contributed by atoms with E-state index >= 15 is 0 Å². The van der Waals surface area contributed by atoms with Gasteiger partial charge in [0.1, 0.15) is 0 Å². The number of halogens is 4. The lowest BCUT2D eigenvalue weighted by Crippen LogP contribution is -2.15. The Morgan fingerprint density at radius 1 is 1.12 bits per heavy atom. The average Bonchev–Trinajstić information content (AvgIpc) is 2.49. The van der Waals surface area contributed by atoms with E-state index < -0.39 is 17.4 Å². The monoisotopic (exact) mass is 389 g/mol. The van der Waals surface area contributed by atoms with Gasteiger partial charge in [-0.05, 0) is 48.2 Å². The number of benzene rings is 2. The van der Waals surface area contributed by atoms with E-state index in [1.807, 2.05) is 0 Å². The summed E-state index contributed by atoms with van der Waals surface area (Å²) in [5.41, 5.74) is -4.08. The predicted octanol–water partition coefficient (Wildman–Crippen LogP) is 5.13. The average molecular weight is 390 g/mol. The maximum absolute atomic E-state index is 12.3. The topological polar surface area (TPSA) is 55.4 Å². The van der Waals surface area contributed by atoms with Gasteiger partial charge in [-0.2, -0.15) is 13.2 Å². The first-order valence-corrected chi connectivity index (χ1v) is 7.99. The SMILES string of the molecule is CC(=O)Oc1c(Cl)cccc1C(=O)Nc1ccc(SC(F)(F)F)cc1. The van der Waals surface area contributed by atoms with Crippen LogP contribution in [0.1, 0.15) is 17.3 Å². The fraction of sp³-hybridized carbons (Fsp3) is 0.125. The highest BCUT2D eigenvalue weighted by molar-refractivity contribution is 8.00. The largest absolute Gasteiger partial charge is 0.446 e. The third-order valence-corrected chi connectivity index (χ3v) is 3.84. The van der Waals surface area contributed by atoms with E-state index in [4.69, 9.17) is 16.3 Å². The Labute approximate surface area is 150 Å². The number of anilines is 1. The third-order valence-electron chi connectivity index (χ3n) is 2.80. The third kappa shape index (κ3) is 5.68. The summed E-state index contributed by atoms with van der Waals surface area (Å²) in [6.07, 6.45) is 0. The minimum absolute atomic E-state index is 0.00569. The lowest BCUT2D eigenvalue weighted by molar-refractivity contribution is -0.131. The van der Waals surface area contributed by atoms with Crippen molar-refractivity contribution in [2.24, 2.45) is 0 Å². The Bertz CT molecular complexity index is 794. The Balaban J connectivity index is 2.17. The van der Waals surface area contributed by atoms with Crippen LogP contribution in [-0.2, 0) is 4.79 Å². The zero-order chi connectivity index (χ0) is 18.6. The van der Waals surface area contributed by atoms with Gasteiger partial charge >= 0.3 is 11.5 Å². The lowest BCUT2D eigenvalue weighted by atomic mass is 10.1. The van der Waals surface area contributed by atoms with E-state index in [1.54, 1.807) is 0 Å². The molecule has 2 aromatic rings. The first kappa shape index (κ1) is 19.1. The van der Waals surface area contributed by atoms with Crippen LogP contribution in [0.25, 0.3) is 0 Å². The molecule has 1 N–H and O–H groups in total. The first-order valence-electron chi connectivity index (χ1n) is 6.80. The maximum atomic E-state index is 12.3. The first-order chi connectivity index (χ1) is 11.7. The highest BCUT2D eigenvalue weighted by Gasteiger charge is 2.29. The van der Waals surface area contributed by atoms with Crippen LogP contribution in [0.5, 0.6) is 5.75 Å². The standard InChI is InChI=1S/C16H11ClF3NO3S/c1-9(22)24-14-12(3-2-4-13(14)17)15(23)21-10-5-7-11(8-6-10)25-16(18,19)20/h2-8H,1H3,(H,21,23). The molecule has 2 rings (SSSR count). The molecule has 0 radical (unpaired) electrons. The van der Waals surface area contributed by atoms with E-state index in [0.717, 1.165) is 0 Å². The number of hydrogen-bond acceptors (Lipinski definition) is 4. The van der Waals surface area contributed by atoms with Crippen LogP contribution >= 0.6 is 23.4 Å². The van der Waals surface area contributed by atoms with Crippen LogP contribution in [0.15, 0.2) is 47.4 Å². The second-order valence-corrected chi connectivity index (χ2v) is 6.28. The molecular weight excluding hydrogens is 379 g/mol. The van der Waals surface area contributed by atoms with Gasteiger partial charge in [-0.15, -0.1) is 0 Å². The van der Waals surface area contributed by atoms with E-state index in [9.17, 15) is 22.8 Å². The van der Waals surface area contributed by atoms with Gasteiger partial charge in [0.25, 0.3) is 5.91 Å². The molecule has 0 heterocycles. The summed E-state index contributed by atoms with van der Waals surface area (Å²) < 4.78 is 41.8. The number of nitrogens with one attached hydrogen (secondary N) is 1. The number of rotatable bonds is 4. The number of hydrogen-bond donors (Lipinski definition) is 1. The number of carbonyl (C=O) groups excluding carboxylic acids is 2. The number of esters is 1. The van der Waals surface area contributed by atoms with Gasteiger partial charge in [-0.25, -0.2) is 0 Å². The van der Waals surface area contributed by atoms with Crippen molar-refractivity contribution < 1.29 is 27.5 Å². The highest BCUT2D eigenvalue weighted by Crippen LogP contribution is 2.37. The molecular formula is C16H11ClF3NO3S. The molecule has 0 fully saturated rings. The van der Waals surface area contributed by atoms with Crippen molar-refractivity contribution in [3.05, 3.63) is 53.1 Å². The summed E-state index contributed by atoms with van der Waals surface area (Å²) >= 11 is 5.68. The van der Waals surface area contributed by atoms with Gasteiger partial charge in [-0.3, -0.25) is 9.59 Å². The number of alkyl halides is 3. The molecule has 0 saturated carbocycles. The van der Waals surface area contributed by atoms with Crippen LogP contribution in [0.3, 0.4) is 0 Å². The minimum atomic E-state index is -4.38. The van der Waals surface area contributed by atoms with E-state index in [2.05, 4.69) is 5.32 Å². The highest BCUT2D eigenvalue weighted by atomic mass is 35.5. The summed E-state index contributed by atoms with van der Waals surface area (Å²) in [4.78, 5) is 23.5. The van der Waals surface area contributed by atoms with E-state index in [0.29, 0.717) is 0 Å². The summed E-state index contributed by atoms with van der Waals surface area (Å²) in [5, 5.41) is 2.59. The molecule has 0 atom stereocenters. The van der Waals surface area contributed by atoms with Crippen molar-refractivity contribution in [2.45, 2.75) is 17.3 Å². The van der Waals surface area contributed by atoms with Crippen molar-refractivity contribution >= 4 is 40.9 Å². The van der Waals surface area contributed by atoms with Crippen molar-refractivity contribution in [1.29, 1.82) is 0 Å². The van der Waals surface area contributed by atoms with Gasteiger partial charge in [-0.1, -0.05) is 17.7 Å². The van der Waals surface area contributed by atoms with Crippen LogP contribution in [-0.4, -0.2) is 17.4 Å². The van der Waals surface area contributed by atoms with Crippen molar-refractivity contribution in [3.63, 3.8) is 0 Å². The molecule has 25 heavy (non-hydrogen) atoms. The molecule has 132 valence electrons. The van der Waals surface area contributed by atoms with Crippen LogP contribution in [0.4, 0.5) is 18.9 Å². The molecule has 0 aromatic heterocycles. The van der Waals surface area contributed by atoms with Gasteiger partial charge in [0.15, 0.2) is 5.75 Å². The predicted molar refractivity (Wildman–Crippen MR) is 89.1 cm³/mol. The van der Waals surface area contributed by atoms with Gasteiger partial charge in [0.05, 0.1) is 10.6 Å². The molecule has 4 nitrogen and oxygen atoms in total. The molecule has 1 amide bonds. The van der Waals surface area contributed by atoms with Crippen LogP contribution in [0, 0.1) is 0 Å². The zero-order valence-corrected chi connectivity index (χ0v) is 14.3. The van der Waals surface area contributed by atoms with Crippen molar-refractivity contribution in [1.82, 2.24) is 0 Å². The number of para-hydroxylation sites is 1. The molecule has 9 heteroatoms. The van der Waals surface area contributed by atoms with Crippen molar-refractivity contribution in [2.75, 3.05) is 5.32 Å². The fourth-order valence-corrected chi connectivity index (χ4v) is 2.63. The van der Waals surface area contributed by atoms with Gasteiger partial charge < -0.3 is 10.1 Å². The molecule has 0 aliphatic heterocycles. The number of thioether (sulfide) groups is 1. The summed E-state index contributed by atoms with van der Waals surface area (Å²) in [7, 11) is 0. The molecule has 0 bridgehead atoms. The minimum Gasteiger partial charge on any atom is -0.424 e. The fourth-order valence-electron chi connectivity index (χ4n) is 1.87.